The number of aryl methyl sites for hydroxylation is 1. The van der Waals surface area contributed by atoms with Gasteiger partial charge in [-0.2, -0.15) is 0 Å². The van der Waals surface area contributed by atoms with Gasteiger partial charge in [-0.05, 0) is 56.5 Å². The number of sulfonamides is 1. The molecule has 2 rings (SSSR count). The summed E-state index contributed by atoms with van der Waals surface area (Å²) in [6.07, 6.45) is 2.02. The Bertz CT molecular complexity index is 1190. The Morgan fingerprint density at radius 1 is 1.03 bits per heavy atom. The molecule has 0 aliphatic rings. The van der Waals surface area contributed by atoms with Crippen molar-refractivity contribution in [1.82, 2.24) is 10.2 Å². The highest BCUT2D eigenvalue weighted by atomic mass is 35.5. The summed E-state index contributed by atoms with van der Waals surface area (Å²) in [7, 11) is -3.88. The van der Waals surface area contributed by atoms with Crippen LogP contribution in [0.15, 0.2) is 36.4 Å². The summed E-state index contributed by atoms with van der Waals surface area (Å²) in [5, 5.41) is 3.92. The highest BCUT2D eigenvalue weighted by molar-refractivity contribution is 7.92. The number of rotatable bonds is 11. The van der Waals surface area contributed by atoms with E-state index in [1.165, 1.54) is 11.0 Å². The number of nitrogens with zero attached hydrogens (tertiary/aromatic N) is 2. The summed E-state index contributed by atoms with van der Waals surface area (Å²) < 4.78 is 26.5. The van der Waals surface area contributed by atoms with Crippen LogP contribution in [-0.4, -0.2) is 50.0 Å². The summed E-state index contributed by atoms with van der Waals surface area (Å²) >= 11 is 18.9. The topological polar surface area (TPSA) is 86.8 Å². The minimum atomic E-state index is -3.88. The summed E-state index contributed by atoms with van der Waals surface area (Å²) in [6, 6.07) is 8.80. The predicted octanol–water partition coefficient (Wildman–Crippen LogP) is 5.44. The molecule has 2 aromatic rings. The van der Waals surface area contributed by atoms with Gasteiger partial charge in [0.05, 0.1) is 11.9 Å². The molecule has 0 aliphatic heterocycles. The van der Waals surface area contributed by atoms with Crippen molar-refractivity contribution in [2.75, 3.05) is 17.1 Å². The third-order valence-electron chi connectivity index (χ3n) is 5.90. The smallest absolute Gasteiger partial charge is 0.244 e. The van der Waals surface area contributed by atoms with Crippen molar-refractivity contribution >= 4 is 62.3 Å². The molecule has 0 fully saturated rings. The van der Waals surface area contributed by atoms with Crippen LogP contribution in [0.1, 0.15) is 44.7 Å². The largest absolute Gasteiger partial charge is 0.352 e. The van der Waals surface area contributed by atoms with Crippen molar-refractivity contribution in [1.29, 1.82) is 0 Å². The monoisotopic (exact) mass is 575 g/mol. The predicted molar refractivity (Wildman–Crippen MR) is 147 cm³/mol. The van der Waals surface area contributed by atoms with Gasteiger partial charge < -0.3 is 10.2 Å². The number of anilines is 1. The van der Waals surface area contributed by atoms with E-state index in [1.807, 2.05) is 13.8 Å². The van der Waals surface area contributed by atoms with Crippen LogP contribution in [0.25, 0.3) is 0 Å². The van der Waals surface area contributed by atoms with E-state index < -0.39 is 28.5 Å². The van der Waals surface area contributed by atoms with Gasteiger partial charge in [-0.25, -0.2) is 8.42 Å². The van der Waals surface area contributed by atoms with Gasteiger partial charge in [-0.3, -0.25) is 13.9 Å². The molecule has 11 heteroatoms. The molecule has 0 bridgehead atoms. The van der Waals surface area contributed by atoms with Crippen molar-refractivity contribution < 1.29 is 18.0 Å². The van der Waals surface area contributed by atoms with Gasteiger partial charge in [0.1, 0.15) is 12.6 Å². The first-order valence-corrected chi connectivity index (χ1v) is 14.5. The Hall–Kier alpha value is -2.00. The second kappa shape index (κ2) is 13.0. The number of halogens is 3. The van der Waals surface area contributed by atoms with Crippen LogP contribution in [0, 0.1) is 6.92 Å². The zero-order valence-corrected chi connectivity index (χ0v) is 24.1. The number of benzene rings is 2. The molecule has 0 saturated carbocycles. The maximum atomic E-state index is 13.8. The second-order valence-electron chi connectivity index (χ2n) is 8.66. The van der Waals surface area contributed by atoms with Gasteiger partial charge in [-0.1, -0.05) is 60.8 Å². The normalized spacial score (nSPS) is 13.1. The van der Waals surface area contributed by atoms with Crippen LogP contribution < -0.4 is 9.62 Å². The Kier molecular flexibility index (Phi) is 10.9. The zero-order valence-electron chi connectivity index (χ0n) is 21.0. The van der Waals surface area contributed by atoms with Crippen molar-refractivity contribution in [2.24, 2.45) is 0 Å². The van der Waals surface area contributed by atoms with Crippen LogP contribution in [0.3, 0.4) is 0 Å². The van der Waals surface area contributed by atoms with Gasteiger partial charge in [0, 0.05) is 33.2 Å². The first-order chi connectivity index (χ1) is 16.8. The molecule has 36 heavy (non-hydrogen) atoms. The van der Waals surface area contributed by atoms with Crippen molar-refractivity contribution in [3.05, 3.63) is 62.6 Å². The Balaban J connectivity index is 2.55. The molecule has 0 radical (unpaired) electrons. The maximum Gasteiger partial charge on any atom is 0.244 e. The quantitative estimate of drug-likeness (QED) is 0.386. The molecule has 0 spiro atoms. The molecule has 198 valence electrons. The molecular weight excluding hydrogens is 545 g/mol. The van der Waals surface area contributed by atoms with Crippen molar-refractivity contribution in [3.8, 4) is 0 Å². The molecule has 2 aromatic carbocycles. The Labute approximate surface area is 228 Å². The molecule has 0 heterocycles. The number of carbonyl (C=O) groups is 2. The van der Waals surface area contributed by atoms with E-state index in [-0.39, 0.29) is 24.2 Å². The molecular formula is C25H32Cl3N3O4S. The van der Waals surface area contributed by atoms with E-state index in [0.29, 0.717) is 39.0 Å². The lowest BCUT2D eigenvalue weighted by Crippen LogP contribution is -2.53. The van der Waals surface area contributed by atoms with E-state index in [1.54, 1.807) is 44.2 Å². The van der Waals surface area contributed by atoms with Crippen molar-refractivity contribution in [3.63, 3.8) is 0 Å². The van der Waals surface area contributed by atoms with E-state index in [9.17, 15) is 18.0 Å². The number of nitrogens with one attached hydrogen (secondary N) is 1. The Morgan fingerprint density at radius 3 is 2.17 bits per heavy atom. The fourth-order valence-corrected chi connectivity index (χ4v) is 5.24. The molecule has 2 atom stereocenters. The second-order valence-corrected chi connectivity index (χ2v) is 11.8. The molecule has 0 aliphatic carbocycles. The third kappa shape index (κ3) is 7.75. The Morgan fingerprint density at radius 2 is 1.64 bits per heavy atom. The van der Waals surface area contributed by atoms with Crippen LogP contribution in [0.2, 0.25) is 15.1 Å². The van der Waals surface area contributed by atoms with Crippen LogP contribution >= 0.6 is 34.8 Å². The lowest BCUT2D eigenvalue weighted by Gasteiger charge is -2.34. The molecule has 1 N–H and O–H groups in total. The van der Waals surface area contributed by atoms with E-state index >= 15 is 0 Å². The fourth-order valence-electron chi connectivity index (χ4n) is 3.66. The number of hydrogen-bond acceptors (Lipinski definition) is 4. The molecule has 7 nitrogen and oxygen atoms in total. The molecule has 2 amide bonds. The first-order valence-electron chi connectivity index (χ1n) is 11.6. The number of amides is 2. The lowest BCUT2D eigenvalue weighted by molar-refractivity contribution is -0.140. The molecule has 0 aromatic heterocycles. The number of hydrogen-bond donors (Lipinski definition) is 1. The summed E-state index contributed by atoms with van der Waals surface area (Å²) in [4.78, 5) is 28.3. The highest BCUT2D eigenvalue weighted by Crippen LogP contribution is 2.29. The van der Waals surface area contributed by atoms with Crippen LogP contribution in [0.4, 0.5) is 5.69 Å². The van der Waals surface area contributed by atoms with Crippen molar-refractivity contribution in [2.45, 2.75) is 59.2 Å². The zero-order chi connectivity index (χ0) is 27.2. The average molecular weight is 577 g/mol. The maximum absolute atomic E-state index is 13.8. The van der Waals surface area contributed by atoms with E-state index in [2.05, 4.69) is 5.32 Å². The summed E-state index contributed by atoms with van der Waals surface area (Å²) in [6.45, 7) is 6.71. The minimum Gasteiger partial charge on any atom is -0.352 e. The van der Waals surface area contributed by atoms with Gasteiger partial charge in [0.2, 0.25) is 21.8 Å². The summed E-state index contributed by atoms with van der Waals surface area (Å²) in [5.41, 5.74) is 1.37. The minimum absolute atomic E-state index is 0.0735. The third-order valence-corrected chi connectivity index (χ3v) is 7.97. The van der Waals surface area contributed by atoms with Gasteiger partial charge in [0.15, 0.2) is 0 Å². The fraction of sp³-hybridized carbons (Fsp3) is 0.440. The van der Waals surface area contributed by atoms with Gasteiger partial charge in [0.25, 0.3) is 0 Å². The van der Waals surface area contributed by atoms with Gasteiger partial charge >= 0.3 is 0 Å². The van der Waals surface area contributed by atoms with E-state index in [0.717, 1.165) is 10.6 Å². The standard InChI is InChI=1S/C25H32Cl3N3O4S/c1-6-17(4)29-25(33)22(7-2)30(14-19-20(27)9-8-10-21(19)28)24(32)15-31(36(5,34)35)23-13-18(26)12-11-16(23)3/h8-13,17,22H,6-7,14-15H2,1-5H3,(H,29,33)/t17-,22-/m1/s1. The van der Waals surface area contributed by atoms with Gasteiger partial charge in [-0.15, -0.1) is 0 Å². The lowest BCUT2D eigenvalue weighted by atomic mass is 10.1. The van der Waals surface area contributed by atoms with E-state index in [4.69, 9.17) is 34.8 Å². The summed E-state index contributed by atoms with van der Waals surface area (Å²) in [5.74, 6) is -0.921. The molecule has 0 unspecified atom stereocenters. The highest BCUT2D eigenvalue weighted by Gasteiger charge is 2.33. The number of carbonyl (C=O) groups excluding carboxylic acids is 2. The average Bonchev–Trinajstić information content (AvgIpc) is 2.79. The molecule has 0 saturated heterocycles. The van der Waals surface area contributed by atoms with Crippen LogP contribution in [-0.2, 0) is 26.2 Å². The first kappa shape index (κ1) is 30.2. The van der Waals surface area contributed by atoms with Crippen LogP contribution in [0.5, 0.6) is 0 Å². The SMILES string of the molecule is CC[C@@H](C)NC(=O)[C@@H](CC)N(Cc1c(Cl)cccc1Cl)C(=O)CN(c1cc(Cl)ccc1C)S(C)(=O)=O.